The van der Waals surface area contributed by atoms with Gasteiger partial charge < -0.3 is 9.30 Å². The lowest BCUT2D eigenvalue weighted by atomic mass is 10.4. The van der Waals surface area contributed by atoms with Crippen molar-refractivity contribution in [1.82, 2.24) is 19.3 Å². The molecule has 2 rings (SSSR count). The topological polar surface area (TPSA) is 86.1 Å². The molecule has 0 aliphatic heterocycles. The minimum absolute atomic E-state index is 0.262. The number of halogens is 1. The van der Waals surface area contributed by atoms with E-state index < -0.39 is 10.0 Å². The van der Waals surface area contributed by atoms with E-state index in [1.807, 2.05) is 10.6 Å². The molecule has 0 saturated heterocycles. The summed E-state index contributed by atoms with van der Waals surface area (Å²) in [5, 5.41) is 0. The van der Waals surface area contributed by atoms with E-state index in [2.05, 4.69) is 14.7 Å². The quantitative estimate of drug-likeness (QED) is 0.757. The number of methoxy groups -OCH3 is 1. The van der Waals surface area contributed by atoms with E-state index >= 15 is 0 Å². The van der Waals surface area contributed by atoms with Crippen molar-refractivity contribution in [3.8, 4) is 5.88 Å². The molecule has 0 unspecified atom stereocenters. The zero-order chi connectivity index (χ0) is 15.5. The Morgan fingerprint density at radius 2 is 2.14 bits per heavy atom. The zero-order valence-corrected chi connectivity index (χ0v) is 13.4. The van der Waals surface area contributed by atoms with Gasteiger partial charge in [0.25, 0.3) is 0 Å². The van der Waals surface area contributed by atoms with Gasteiger partial charge in [-0.2, -0.15) is 4.98 Å². The Hall–Kier alpha value is -1.38. The number of aryl methyl sites for hydroxylation is 1. The molecule has 2 aromatic heterocycles. The van der Waals surface area contributed by atoms with Crippen LogP contribution in [0.3, 0.4) is 0 Å². The van der Waals surface area contributed by atoms with E-state index in [-0.39, 0.29) is 6.54 Å². The SMILES string of the molecule is COc1ccc2nc(CCCl)n(CCNS(C)(=O)=O)c2n1. The van der Waals surface area contributed by atoms with Crippen molar-refractivity contribution in [1.29, 1.82) is 0 Å². The van der Waals surface area contributed by atoms with Gasteiger partial charge in [-0.15, -0.1) is 11.6 Å². The fourth-order valence-corrected chi connectivity index (χ4v) is 2.63. The normalized spacial score (nSPS) is 12.0. The van der Waals surface area contributed by atoms with Gasteiger partial charge in [0.1, 0.15) is 11.3 Å². The summed E-state index contributed by atoms with van der Waals surface area (Å²) in [7, 11) is -1.68. The number of hydrogen-bond acceptors (Lipinski definition) is 5. The van der Waals surface area contributed by atoms with E-state index in [4.69, 9.17) is 16.3 Å². The van der Waals surface area contributed by atoms with E-state index in [9.17, 15) is 8.42 Å². The minimum atomic E-state index is -3.22. The van der Waals surface area contributed by atoms with Crippen molar-refractivity contribution in [2.24, 2.45) is 0 Å². The van der Waals surface area contributed by atoms with Crippen molar-refractivity contribution in [2.75, 3.05) is 25.8 Å². The van der Waals surface area contributed by atoms with Gasteiger partial charge in [-0.1, -0.05) is 0 Å². The molecule has 2 aromatic rings. The molecule has 9 heteroatoms. The van der Waals surface area contributed by atoms with Crippen LogP contribution in [0.5, 0.6) is 5.88 Å². The molecule has 0 atom stereocenters. The number of alkyl halides is 1. The maximum absolute atomic E-state index is 11.1. The summed E-state index contributed by atoms with van der Waals surface area (Å²) < 4.78 is 31.7. The summed E-state index contributed by atoms with van der Waals surface area (Å²) in [5.74, 6) is 1.69. The van der Waals surface area contributed by atoms with Crippen LogP contribution in [0.2, 0.25) is 0 Å². The molecule has 0 radical (unpaired) electrons. The lowest BCUT2D eigenvalue weighted by molar-refractivity contribution is 0.399. The Morgan fingerprint density at radius 1 is 1.38 bits per heavy atom. The first-order valence-corrected chi connectivity index (χ1v) is 8.78. The van der Waals surface area contributed by atoms with Crippen LogP contribution in [0.1, 0.15) is 5.82 Å². The third-order valence-corrected chi connectivity index (χ3v) is 3.79. The number of nitrogens with one attached hydrogen (secondary N) is 1. The molecule has 7 nitrogen and oxygen atoms in total. The number of ether oxygens (including phenoxy) is 1. The average molecular weight is 333 g/mol. The number of aromatic nitrogens is 3. The summed E-state index contributed by atoms with van der Waals surface area (Å²) in [6, 6.07) is 3.55. The van der Waals surface area contributed by atoms with Crippen LogP contribution in [-0.4, -0.2) is 48.7 Å². The maximum Gasteiger partial charge on any atom is 0.215 e. The van der Waals surface area contributed by atoms with Crippen molar-refractivity contribution in [2.45, 2.75) is 13.0 Å². The Labute approximate surface area is 128 Å². The van der Waals surface area contributed by atoms with Gasteiger partial charge in [-0.05, 0) is 6.07 Å². The number of pyridine rings is 1. The average Bonchev–Trinajstić information content (AvgIpc) is 2.75. The molecule has 0 fully saturated rings. The number of imidazole rings is 1. The highest BCUT2D eigenvalue weighted by atomic mass is 35.5. The van der Waals surface area contributed by atoms with E-state index in [1.54, 1.807) is 13.2 Å². The minimum Gasteiger partial charge on any atom is -0.481 e. The Balaban J connectivity index is 2.34. The molecule has 0 saturated carbocycles. The van der Waals surface area contributed by atoms with Crippen LogP contribution in [0.15, 0.2) is 12.1 Å². The van der Waals surface area contributed by atoms with Crippen molar-refractivity contribution < 1.29 is 13.2 Å². The van der Waals surface area contributed by atoms with Crippen LogP contribution in [0, 0.1) is 0 Å². The summed E-state index contributed by atoms with van der Waals surface area (Å²) >= 11 is 5.79. The fraction of sp³-hybridized carbons (Fsp3) is 0.500. The second kappa shape index (κ2) is 6.59. The highest BCUT2D eigenvalue weighted by Gasteiger charge is 2.13. The van der Waals surface area contributed by atoms with E-state index in [0.717, 1.165) is 17.6 Å². The van der Waals surface area contributed by atoms with Gasteiger partial charge in [0.05, 0.1) is 13.4 Å². The number of fused-ring (bicyclic) bond motifs is 1. The molecule has 2 heterocycles. The second-order valence-electron chi connectivity index (χ2n) is 4.48. The van der Waals surface area contributed by atoms with Gasteiger partial charge in [-0.3, -0.25) is 0 Å². The molecule has 1 N–H and O–H groups in total. The summed E-state index contributed by atoms with van der Waals surface area (Å²) in [4.78, 5) is 8.85. The largest absolute Gasteiger partial charge is 0.481 e. The maximum atomic E-state index is 11.1. The van der Waals surface area contributed by atoms with Gasteiger partial charge in [0.2, 0.25) is 15.9 Å². The summed E-state index contributed by atoms with van der Waals surface area (Å²) in [6.07, 6.45) is 1.71. The second-order valence-corrected chi connectivity index (χ2v) is 6.69. The van der Waals surface area contributed by atoms with Crippen LogP contribution >= 0.6 is 11.6 Å². The van der Waals surface area contributed by atoms with E-state index in [0.29, 0.717) is 30.4 Å². The molecule has 0 aliphatic carbocycles. The fourth-order valence-electron chi connectivity index (χ4n) is 2.00. The lowest BCUT2D eigenvalue weighted by Crippen LogP contribution is -2.26. The zero-order valence-electron chi connectivity index (χ0n) is 11.8. The molecule has 116 valence electrons. The van der Waals surface area contributed by atoms with Crippen LogP contribution in [0.25, 0.3) is 11.2 Å². The molecule has 0 bridgehead atoms. The van der Waals surface area contributed by atoms with Crippen molar-refractivity contribution in [3.05, 3.63) is 18.0 Å². The molecule has 0 amide bonds. The predicted molar refractivity (Wildman–Crippen MR) is 81.4 cm³/mol. The molecule has 21 heavy (non-hydrogen) atoms. The molecule has 0 spiro atoms. The van der Waals surface area contributed by atoms with Gasteiger partial charge in [0.15, 0.2) is 5.65 Å². The van der Waals surface area contributed by atoms with Crippen LogP contribution < -0.4 is 9.46 Å². The lowest BCUT2D eigenvalue weighted by Gasteiger charge is -2.08. The molecule has 0 aromatic carbocycles. The highest BCUT2D eigenvalue weighted by molar-refractivity contribution is 7.88. The Bertz CT molecular complexity index is 729. The number of sulfonamides is 1. The molecular formula is C12H17ClN4O3S. The number of rotatable bonds is 7. The standard InChI is InChI=1S/C12H17ClN4O3S/c1-20-11-4-3-9-12(16-11)17(10(15-9)5-6-13)8-7-14-21(2,18)19/h3-4,14H,5-8H2,1-2H3. The van der Waals surface area contributed by atoms with Crippen molar-refractivity contribution in [3.63, 3.8) is 0 Å². The summed E-state index contributed by atoms with van der Waals surface area (Å²) in [5.41, 5.74) is 1.39. The van der Waals surface area contributed by atoms with Gasteiger partial charge in [-0.25, -0.2) is 18.1 Å². The van der Waals surface area contributed by atoms with Crippen LogP contribution in [-0.2, 0) is 23.0 Å². The number of hydrogen-bond donors (Lipinski definition) is 1. The first-order valence-electron chi connectivity index (χ1n) is 6.35. The Kier molecular flexibility index (Phi) is 5.02. The predicted octanol–water partition coefficient (Wildman–Crippen LogP) is 0.770. The molecular weight excluding hydrogens is 316 g/mol. The molecule has 0 aliphatic rings. The summed E-state index contributed by atoms with van der Waals surface area (Å²) in [6.45, 7) is 0.689. The van der Waals surface area contributed by atoms with E-state index in [1.165, 1.54) is 0 Å². The van der Waals surface area contributed by atoms with Crippen LogP contribution in [0.4, 0.5) is 0 Å². The third-order valence-electron chi connectivity index (χ3n) is 2.87. The Morgan fingerprint density at radius 3 is 2.76 bits per heavy atom. The first kappa shape index (κ1) is 16.0. The number of nitrogens with zero attached hydrogens (tertiary/aromatic N) is 3. The first-order chi connectivity index (χ1) is 9.94. The third kappa shape index (κ3) is 4.05. The van der Waals surface area contributed by atoms with Gasteiger partial charge >= 0.3 is 0 Å². The smallest absolute Gasteiger partial charge is 0.215 e. The highest BCUT2D eigenvalue weighted by Crippen LogP contribution is 2.18. The monoisotopic (exact) mass is 332 g/mol. The van der Waals surface area contributed by atoms with Gasteiger partial charge in [0, 0.05) is 31.5 Å². The van der Waals surface area contributed by atoms with Crippen molar-refractivity contribution >= 4 is 32.8 Å².